The van der Waals surface area contributed by atoms with E-state index in [1.54, 1.807) is 0 Å². The lowest BCUT2D eigenvalue weighted by atomic mass is 9.56. The lowest BCUT2D eigenvalue weighted by Gasteiger charge is -2.48. The molecule has 2 aliphatic heterocycles. The maximum Gasteiger partial charge on any atom is 0.158 e. The average molecular weight is 334 g/mol. The molecule has 4 nitrogen and oxygen atoms in total. The molecule has 2 bridgehead atoms. The summed E-state index contributed by atoms with van der Waals surface area (Å²) >= 11 is 0. The van der Waals surface area contributed by atoms with E-state index >= 15 is 0 Å². The summed E-state index contributed by atoms with van der Waals surface area (Å²) < 4.78 is 12.0. The number of epoxide rings is 2. The summed E-state index contributed by atoms with van der Waals surface area (Å²) in [6.45, 7) is 12.7. The van der Waals surface area contributed by atoms with Crippen molar-refractivity contribution in [2.45, 2.75) is 89.3 Å². The molecule has 1 N–H and O–H groups in total. The van der Waals surface area contributed by atoms with Gasteiger partial charge < -0.3 is 14.6 Å². The van der Waals surface area contributed by atoms with E-state index in [4.69, 9.17) is 9.47 Å². The summed E-state index contributed by atoms with van der Waals surface area (Å²) in [6.07, 6.45) is 3.81. The zero-order valence-corrected chi connectivity index (χ0v) is 15.3. The number of ketones is 1. The van der Waals surface area contributed by atoms with Gasteiger partial charge in [-0.05, 0) is 50.0 Å². The quantitative estimate of drug-likeness (QED) is 0.546. The summed E-state index contributed by atoms with van der Waals surface area (Å²) in [5.74, 6) is 0.140. The van der Waals surface area contributed by atoms with Crippen LogP contribution >= 0.6 is 0 Å². The van der Waals surface area contributed by atoms with Gasteiger partial charge in [0.05, 0.1) is 29.5 Å². The zero-order chi connectivity index (χ0) is 17.5. The smallest absolute Gasteiger partial charge is 0.158 e. The minimum Gasteiger partial charge on any atom is -0.392 e. The molecule has 0 spiro atoms. The number of carbonyl (C=O) groups excluding carboxylic acids is 1. The number of ether oxygens (including phenoxy) is 2. The highest BCUT2D eigenvalue weighted by Gasteiger charge is 2.61. The Morgan fingerprint density at radius 1 is 1.12 bits per heavy atom. The molecular weight excluding hydrogens is 304 g/mol. The molecule has 0 amide bonds. The first-order valence-electron chi connectivity index (χ1n) is 9.32. The standard InChI is InChI=1S/C20H30O4/c1-11-13(21)8-12-9-16-19(4,24-16)7-6-15-20(5,23-15)10-14(22)17(11)18(12,2)3/h12,14-17,22H,1,6-10H2,2-5H3/t12-,14+,15-,16-,17-,19-,20-/m0/s1. The maximum atomic E-state index is 12.5. The zero-order valence-electron chi connectivity index (χ0n) is 15.3. The van der Waals surface area contributed by atoms with Gasteiger partial charge >= 0.3 is 0 Å². The Hall–Kier alpha value is -0.710. The second-order valence-electron chi connectivity index (χ2n) is 9.53. The number of hydrogen-bond donors (Lipinski definition) is 1. The van der Waals surface area contributed by atoms with Crippen LogP contribution in [0.1, 0.15) is 59.8 Å². The van der Waals surface area contributed by atoms with Crippen molar-refractivity contribution in [3.05, 3.63) is 12.2 Å². The van der Waals surface area contributed by atoms with E-state index in [1.165, 1.54) is 0 Å². The number of carbonyl (C=O) groups is 1. The fourth-order valence-corrected chi connectivity index (χ4v) is 5.46. The molecule has 0 aromatic rings. The lowest BCUT2D eigenvalue weighted by Crippen LogP contribution is -2.48. The lowest BCUT2D eigenvalue weighted by molar-refractivity contribution is -0.124. The van der Waals surface area contributed by atoms with E-state index in [0.29, 0.717) is 18.4 Å². The van der Waals surface area contributed by atoms with Crippen LogP contribution in [0.4, 0.5) is 0 Å². The summed E-state index contributed by atoms with van der Waals surface area (Å²) in [5, 5.41) is 11.0. The van der Waals surface area contributed by atoms with E-state index < -0.39 is 6.10 Å². The largest absolute Gasteiger partial charge is 0.392 e. The Morgan fingerprint density at radius 3 is 2.50 bits per heavy atom. The van der Waals surface area contributed by atoms with Gasteiger partial charge in [-0.15, -0.1) is 0 Å². The van der Waals surface area contributed by atoms with Crippen LogP contribution < -0.4 is 0 Å². The second kappa shape index (κ2) is 4.93. The SMILES string of the molecule is C=C1C(=O)C[C@H]2C[C@@H]3O[C@@]3(C)CC[C@@H]3O[C@@]3(C)C[C@@H](O)[C@H]1C2(C)C. The molecule has 4 fully saturated rings. The molecule has 24 heavy (non-hydrogen) atoms. The molecule has 4 aliphatic rings. The van der Waals surface area contributed by atoms with Crippen LogP contribution in [0.3, 0.4) is 0 Å². The Bertz CT molecular complexity index is 596. The Labute approximate surface area is 144 Å². The predicted octanol–water partition coefficient (Wildman–Crippen LogP) is 3.02. The van der Waals surface area contributed by atoms with E-state index in [1.807, 2.05) is 0 Å². The minimum atomic E-state index is -0.583. The van der Waals surface area contributed by atoms with E-state index in [9.17, 15) is 9.90 Å². The monoisotopic (exact) mass is 334 g/mol. The van der Waals surface area contributed by atoms with Crippen LogP contribution in [-0.4, -0.2) is 40.4 Å². The normalized spacial score (nSPS) is 53.3. The third-order valence-corrected chi connectivity index (χ3v) is 7.49. The van der Waals surface area contributed by atoms with Gasteiger partial charge in [0.25, 0.3) is 0 Å². The van der Waals surface area contributed by atoms with Gasteiger partial charge in [-0.3, -0.25) is 4.79 Å². The number of aliphatic hydroxyl groups is 1. The van der Waals surface area contributed by atoms with Crippen LogP contribution in [0.2, 0.25) is 0 Å². The van der Waals surface area contributed by atoms with Gasteiger partial charge in [-0.2, -0.15) is 0 Å². The highest BCUT2D eigenvalue weighted by atomic mass is 16.6. The second-order valence-corrected chi connectivity index (χ2v) is 9.53. The summed E-state index contributed by atoms with van der Waals surface area (Å²) in [4.78, 5) is 12.5. The molecule has 2 saturated carbocycles. The topological polar surface area (TPSA) is 62.4 Å². The first-order valence-corrected chi connectivity index (χ1v) is 9.32. The number of hydrogen-bond acceptors (Lipinski definition) is 4. The molecule has 134 valence electrons. The fourth-order valence-electron chi connectivity index (χ4n) is 5.46. The van der Waals surface area contributed by atoms with Crippen molar-refractivity contribution in [3.8, 4) is 0 Å². The highest BCUT2D eigenvalue weighted by Crippen LogP contribution is 2.56. The molecule has 2 aliphatic carbocycles. The van der Waals surface area contributed by atoms with Crippen LogP contribution in [-0.2, 0) is 14.3 Å². The average Bonchev–Trinajstić information content (AvgIpc) is 3.30. The van der Waals surface area contributed by atoms with Crippen LogP contribution in [0.5, 0.6) is 0 Å². The van der Waals surface area contributed by atoms with Gasteiger partial charge in [0.1, 0.15) is 0 Å². The van der Waals surface area contributed by atoms with E-state index in [0.717, 1.165) is 19.3 Å². The summed E-state index contributed by atoms with van der Waals surface area (Å²) in [5.41, 5.74) is 0.0949. The Morgan fingerprint density at radius 2 is 1.79 bits per heavy atom. The van der Waals surface area contributed by atoms with Crippen molar-refractivity contribution in [2.24, 2.45) is 17.3 Å². The number of aliphatic hydroxyl groups excluding tert-OH is 1. The summed E-state index contributed by atoms with van der Waals surface area (Å²) in [6, 6.07) is 0. The Kier molecular flexibility index (Phi) is 3.44. The molecule has 7 atom stereocenters. The van der Waals surface area contributed by atoms with Crippen molar-refractivity contribution < 1.29 is 19.4 Å². The van der Waals surface area contributed by atoms with E-state index in [-0.39, 0.29) is 46.4 Å². The number of Topliss-reactive ketones (excluding diaryl/α,β-unsaturated/α-hetero) is 1. The molecule has 4 heteroatoms. The maximum absolute atomic E-state index is 12.5. The molecule has 0 radical (unpaired) electrons. The first kappa shape index (κ1) is 16.7. The van der Waals surface area contributed by atoms with Gasteiger partial charge in [-0.1, -0.05) is 20.4 Å². The van der Waals surface area contributed by atoms with Gasteiger partial charge in [0, 0.05) is 18.8 Å². The third-order valence-electron chi connectivity index (χ3n) is 7.49. The molecule has 2 heterocycles. The fraction of sp³-hybridized carbons (Fsp3) is 0.850. The third kappa shape index (κ3) is 2.41. The minimum absolute atomic E-state index is 0.0618. The summed E-state index contributed by atoms with van der Waals surface area (Å²) in [7, 11) is 0. The van der Waals surface area contributed by atoms with Gasteiger partial charge in [0.15, 0.2) is 5.78 Å². The van der Waals surface area contributed by atoms with Crippen molar-refractivity contribution in [3.63, 3.8) is 0 Å². The van der Waals surface area contributed by atoms with Crippen molar-refractivity contribution >= 4 is 5.78 Å². The first-order chi connectivity index (χ1) is 11.1. The van der Waals surface area contributed by atoms with Crippen molar-refractivity contribution in [1.82, 2.24) is 0 Å². The molecular formula is C20H30O4. The predicted molar refractivity (Wildman–Crippen MR) is 90.6 cm³/mol. The number of rotatable bonds is 0. The molecule has 2 saturated heterocycles. The molecule has 0 unspecified atom stereocenters. The van der Waals surface area contributed by atoms with Gasteiger partial charge in [0.2, 0.25) is 0 Å². The molecule has 4 rings (SSSR count). The van der Waals surface area contributed by atoms with Crippen molar-refractivity contribution in [1.29, 1.82) is 0 Å². The molecule has 0 aromatic heterocycles. The Balaban J connectivity index is 1.68. The van der Waals surface area contributed by atoms with Crippen LogP contribution in [0, 0.1) is 17.3 Å². The van der Waals surface area contributed by atoms with E-state index in [2.05, 4.69) is 34.3 Å². The van der Waals surface area contributed by atoms with Gasteiger partial charge in [-0.25, -0.2) is 0 Å². The number of fused-ring (bicyclic) bond motifs is 4. The molecule has 0 aromatic carbocycles. The van der Waals surface area contributed by atoms with Crippen LogP contribution in [0.25, 0.3) is 0 Å². The van der Waals surface area contributed by atoms with Crippen LogP contribution in [0.15, 0.2) is 12.2 Å². The highest BCUT2D eigenvalue weighted by molar-refractivity contribution is 5.96. The van der Waals surface area contributed by atoms with Crippen molar-refractivity contribution in [2.75, 3.05) is 0 Å².